The summed E-state index contributed by atoms with van der Waals surface area (Å²) in [5, 5.41) is 13.5. The fraction of sp³-hybridized carbons (Fsp3) is 0.444. The van der Waals surface area contributed by atoms with Gasteiger partial charge in [-0.15, -0.1) is 11.3 Å². The first-order valence-corrected chi connectivity index (χ1v) is 9.49. The van der Waals surface area contributed by atoms with Crippen molar-refractivity contribution in [3.63, 3.8) is 0 Å². The average Bonchev–Trinajstić information content (AvgIpc) is 3.22. The zero-order valence-corrected chi connectivity index (χ0v) is 14.8. The van der Waals surface area contributed by atoms with Gasteiger partial charge >= 0.3 is 5.97 Å². The minimum Gasteiger partial charge on any atom is -0.481 e. The highest BCUT2D eigenvalue weighted by molar-refractivity contribution is 7.13. The minimum atomic E-state index is -0.618. The summed E-state index contributed by atoms with van der Waals surface area (Å²) in [7, 11) is 0. The van der Waals surface area contributed by atoms with Crippen LogP contribution in [0.5, 0.6) is 0 Å². The molecule has 4 rings (SSSR count). The Labute approximate surface area is 150 Å². The lowest BCUT2D eigenvalue weighted by Gasteiger charge is -2.23. The van der Waals surface area contributed by atoms with Gasteiger partial charge in [-0.05, 0) is 30.9 Å². The number of likely N-dealkylation sites (tertiary alicyclic amines) is 1. The molecule has 126 valence electrons. The van der Waals surface area contributed by atoms with Crippen LogP contribution in [0, 0.1) is 11.3 Å². The molecule has 0 spiro atoms. The summed E-state index contributed by atoms with van der Waals surface area (Å²) in [4.78, 5) is 18.8. The third kappa shape index (κ3) is 2.75. The van der Waals surface area contributed by atoms with E-state index in [0.717, 1.165) is 53.6 Å². The van der Waals surface area contributed by atoms with Gasteiger partial charge in [-0.2, -0.15) is 0 Å². The van der Waals surface area contributed by atoms with Gasteiger partial charge in [-0.3, -0.25) is 9.69 Å². The summed E-state index contributed by atoms with van der Waals surface area (Å²) in [5.74, 6) is -0.322. The summed E-state index contributed by atoms with van der Waals surface area (Å²) in [6.07, 6.45) is 2.90. The van der Waals surface area contributed by atoms with E-state index in [1.54, 1.807) is 11.3 Å². The van der Waals surface area contributed by atoms with Gasteiger partial charge in [0.25, 0.3) is 0 Å². The monoisotopic (exact) mass is 362 g/mol. The molecule has 2 heterocycles. The number of thiazole rings is 1. The standard InChI is InChI=1S/C18H19ClN2O2S/c19-14-5-3-12(4-6-14)16-20-15(10-24-16)9-21-8-13-2-1-7-18(13,11-21)17(22)23/h3-6,10,13H,1-2,7-9,11H2,(H,22,23)/t13-,18+/m0/s1. The third-order valence-electron chi connectivity index (χ3n) is 5.40. The predicted molar refractivity (Wildman–Crippen MR) is 95.2 cm³/mol. The third-order valence-corrected chi connectivity index (χ3v) is 6.59. The molecule has 1 N–H and O–H groups in total. The van der Waals surface area contributed by atoms with Crippen molar-refractivity contribution in [2.75, 3.05) is 13.1 Å². The van der Waals surface area contributed by atoms with Crippen molar-refractivity contribution in [1.82, 2.24) is 9.88 Å². The van der Waals surface area contributed by atoms with Gasteiger partial charge in [0.05, 0.1) is 11.1 Å². The van der Waals surface area contributed by atoms with Crippen molar-refractivity contribution in [1.29, 1.82) is 0 Å². The van der Waals surface area contributed by atoms with Crippen LogP contribution in [0.3, 0.4) is 0 Å². The van der Waals surface area contributed by atoms with Gasteiger partial charge in [0, 0.05) is 35.6 Å². The van der Waals surface area contributed by atoms with E-state index in [0.29, 0.717) is 12.5 Å². The number of carbonyl (C=O) groups is 1. The van der Waals surface area contributed by atoms with E-state index in [1.807, 2.05) is 24.3 Å². The summed E-state index contributed by atoms with van der Waals surface area (Å²) in [6, 6.07) is 7.70. The van der Waals surface area contributed by atoms with Crippen molar-refractivity contribution in [3.05, 3.63) is 40.4 Å². The largest absolute Gasteiger partial charge is 0.481 e. The van der Waals surface area contributed by atoms with Crippen LogP contribution in [0.2, 0.25) is 5.02 Å². The molecule has 6 heteroatoms. The smallest absolute Gasteiger partial charge is 0.311 e. The quantitative estimate of drug-likeness (QED) is 0.887. The number of hydrogen-bond acceptors (Lipinski definition) is 4. The molecule has 0 unspecified atom stereocenters. The van der Waals surface area contributed by atoms with Crippen LogP contribution in [0.4, 0.5) is 0 Å². The van der Waals surface area contributed by atoms with Crippen LogP contribution >= 0.6 is 22.9 Å². The molecule has 24 heavy (non-hydrogen) atoms. The van der Waals surface area contributed by atoms with E-state index in [4.69, 9.17) is 16.6 Å². The van der Waals surface area contributed by atoms with Gasteiger partial charge in [0.2, 0.25) is 0 Å². The number of carboxylic acids is 1. The lowest BCUT2D eigenvalue weighted by Crippen LogP contribution is -2.35. The van der Waals surface area contributed by atoms with Gasteiger partial charge < -0.3 is 5.11 Å². The molecule has 2 fully saturated rings. The summed E-state index contributed by atoms with van der Waals surface area (Å²) < 4.78 is 0. The molecule has 1 aliphatic carbocycles. The number of carboxylic acid groups (broad SMARTS) is 1. The van der Waals surface area contributed by atoms with Crippen molar-refractivity contribution < 1.29 is 9.90 Å². The Kier molecular flexibility index (Phi) is 4.11. The summed E-state index contributed by atoms with van der Waals surface area (Å²) in [6.45, 7) is 2.26. The molecule has 1 aromatic carbocycles. The highest BCUT2D eigenvalue weighted by Crippen LogP contribution is 2.49. The molecule has 1 aromatic heterocycles. The van der Waals surface area contributed by atoms with Crippen LogP contribution in [0.1, 0.15) is 25.0 Å². The fourth-order valence-electron chi connectivity index (χ4n) is 4.20. The SMILES string of the molecule is O=C(O)[C@@]12CCC[C@H]1CN(Cc1csc(-c3ccc(Cl)cc3)n1)C2. The Morgan fingerprint density at radius 2 is 2.21 bits per heavy atom. The van der Waals surface area contributed by atoms with E-state index in [9.17, 15) is 9.90 Å². The second kappa shape index (κ2) is 6.14. The second-order valence-electron chi connectivity index (χ2n) is 6.87. The Morgan fingerprint density at radius 3 is 2.92 bits per heavy atom. The van der Waals surface area contributed by atoms with Crippen LogP contribution in [0.15, 0.2) is 29.6 Å². The Bertz CT molecular complexity index is 761. The van der Waals surface area contributed by atoms with E-state index < -0.39 is 11.4 Å². The molecule has 2 atom stereocenters. The number of nitrogens with zero attached hydrogens (tertiary/aromatic N) is 2. The molecule has 1 aliphatic heterocycles. The number of fused-ring (bicyclic) bond motifs is 1. The van der Waals surface area contributed by atoms with Gasteiger partial charge in [-0.1, -0.05) is 30.2 Å². The topological polar surface area (TPSA) is 53.4 Å². The van der Waals surface area contributed by atoms with E-state index >= 15 is 0 Å². The maximum absolute atomic E-state index is 11.8. The highest BCUT2D eigenvalue weighted by Gasteiger charge is 2.54. The van der Waals surface area contributed by atoms with Gasteiger partial charge in [0.1, 0.15) is 5.01 Å². The second-order valence-corrected chi connectivity index (χ2v) is 8.17. The van der Waals surface area contributed by atoms with Crippen LogP contribution in [-0.4, -0.2) is 34.0 Å². The predicted octanol–water partition coefficient (Wildman–Crippen LogP) is 4.15. The average molecular weight is 363 g/mol. The first-order valence-electron chi connectivity index (χ1n) is 8.23. The number of hydrogen-bond donors (Lipinski definition) is 1. The molecule has 2 aliphatic rings. The van der Waals surface area contributed by atoms with Crippen molar-refractivity contribution in [2.45, 2.75) is 25.8 Å². The highest BCUT2D eigenvalue weighted by atomic mass is 35.5. The normalized spacial score (nSPS) is 26.6. The van der Waals surface area contributed by atoms with Crippen molar-refractivity contribution in [2.24, 2.45) is 11.3 Å². The zero-order valence-electron chi connectivity index (χ0n) is 13.2. The van der Waals surface area contributed by atoms with E-state index in [2.05, 4.69) is 10.3 Å². The molecule has 1 saturated heterocycles. The molecule has 2 aromatic rings. The number of benzene rings is 1. The lowest BCUT2D eigenvalue weighted by atomic mass is 9.81. The molecule has 4 nitrogen and oxygen atoms in total. The molecule has 0 amide bonds. The Balaban J connectivity index is 1.47. The first kappa shape index (κ1) is 16.1. The molecular formula is C18H19ClN2O2S. The maximum atomic E-state index is 11.8. The lowest BCUT2D eigenvalue weighted by molar-refractivity contribution is -0.149. The first-order chi connectivity index (χ1) is 11.6. The number of aromatic nitrogens is 1. The maximum Gasteiger partial charge on any atom is 0.311 e. The number of rotatable bonds is 4. The van der Waals surface area contributed by atoms with Crippen molar-refractivity contribution >= 4 is 28.9 Å². The molecule has 1 saturated carbocycles. The van der Waals surface area contributed by atoms with Gasteiger partial charge in [0.15, 0.2) is 0 Å². The van der Waals surface area contributed by atoms with Crippen LogP contribution in [-0.2, 0) is 11.3 Å². The fourth-order valence-corrected chi connectivity index (χ4v) is 5.14. The molecule has 0 radical (unpaired) electrons. The van der Waals surface area contributed by atoms with Crippen LogP contribution in [0.25, 0.3) is 10.6 Å². The number of aliphatic carboxylic acids is 1. The Morgan fingerprint density at radius 1 is 1.42 bits per heavy atom. The van der Waals surface area contributed by atoms with Crippen LogP contribution < -0.4 is 0 Å². The zero-order chi connectivity index (χ0) is 16.7. The minimum absolute atomic E-state index is 0.296. The Hall–Kier alpha value is -1.43. The summed E-state index contributed by atoms with van der Waals surface area (Å²) in [5.41, 5.74) is 1.57. The number of halogens is 1. The molecular weight excluding hydrogens is 344 g/mol. The van der Waals surface area contributed by atoms with Gasteiger partial charge in [-0.25, -0.2) is 4.98 Å². The van der Waals surface area contributed by atoms with E-state index in [-0.39, 0.29) is 0 Å². The molecule has 0 bridgehead atoms. The van der Waals surface area contributed by atoms with E-state index in [1.165, 1.54) is 0 Å². The summed E-state index contributed by atoms with van der Waals surface area (Å²) >= 11 is 7.55. The van der Waals surface area contributed by atoms with Crippen molar-refractivity contribution in [3.8, 4) is 10.6 Å².